The Hall–Kier alpha value is -1.20. The first kappa shape index (κ1) is 16.0. The molecule has 0 unspecified atom stereocenters. The standard InChI is InChI=1S/C21H12Br2S2/c22-17-11-15-19(24-17)20-16(12-18(23)25-20)21(15,13-7-3-1-4-8-13)14-9-5-2-6-10-14/h1-12H. The van der Waals surface area contributed by atoms with Gasteiger partial charge >= 0.3 is 0 Å². The van der Waals surface area contributed by atoms with E-state index in [-0.39, 0.29) is 5.41 Å². The number of halogens is 2. The van der Waals surface area contributed by atoms with Crippen LogP contribution in [0.15, 0.2) is 80.4 Å². The Balaban J connectivity index is 1.97. The molecule has 0 bridgehead atoms. The minimum Gasteiger partial charge on any atom is -0.127 e. The van der Waals surface area contributed by atoms with Gasteiger partial charge in [0.05, 0.1) is 22.7 Å². The summed E-state index contributed by atoms with van der Waals surface area (Å²) in [5, 5.41) is 0. The summed E-state index contributed by atoms with van der Waals surface area (Å²) in [5.74, 6) is 0. The molecule has 2 aromatic carbocycles. The van der Waals surface area contributed by atoms with Crippen LogP contribution in [0.2, 0.25) is 0 Å². The van der Waals surface area contributed by atoms with E-state index >= 15 is 0 Å². The molecule has 25 heavy (non-hydrogen) atoms. The summed E-state index contributed by atoms with van der Waals surface area (Å²) in [4.78, 5) is 2.76. The number of hydrogen-bond donors (Lipinski definition) is 0. The van der Waals surface area contributed by atoms with Crippen molar-refractivity contribution in [3.8, 4) is 9.75 Å². The number of thiophene rings is 2. The molecule has 4 heteroatoms. The van der Waals surface area contributed by atoms with Gasteiger partial charge in [0, 0.05) is 0 Å². The zero-order valence-corrected chi connectivity index (χ0v) is 17.8. The van der Waals surface area contributed by atoms with E-state index in [1.54, 1.807) is 0 Å². The number of rotatable bonds is 2. The number of hydrogen-bond acceptors (Lipinski definition) is 2. The van der Waals surface area contributed by atoms with E-state index in [0.29, 0.717) is 0 Å². The molecular weight excluding hydrogens is 476 g/mol. The minimum absolute atomic E-state index is 0.252. The van der Waals surface area contributed by atoms with Crippen LogP contribution < -0.4 is 0 Å². The Morgan fingerprint density at radius 3 is 1.40 bits per heavy atom. The first-order chi connectivity index (χ1) is 12.2. The van der Waals surface area contributed by atoms with Crippen molar-refractivity contribution in [1.29, 1.82) is 0 Å². The maximum atomic E-state index is 3.72. The van der Waals surface area contributed by atoms with E-state index in [9.17, 15) is 0 Å². The van der Waals surface area contributed by atoms with Gasteiger partial charge in [-0.05, 0) is 66.2 Å². The van der Waals surface area contributed by atoms with Crippen LogP contribution in [0.3, 0.4) is 0 Å². The van der Waals surface area contributed by atoms with Crippen molar-refractivity contribution in [2.45, 2.75) is 5.41 Å². The lowest BCUT2D eigenvalue weighted by Gasteiger charge is -2.32. The van der Waals surface area contributed by atoms with Crippen molar-refractivity contribution in [2.75, 3.05) is 0 Å². The molecule has 0 nitrogen and oxygen atoms in total. The molecule has 0 amide bonds. The average Bonchev–Trinajstić information content (AvgIpc) is 3.26. The highest BCUT2D eigenvalue weighted by molar-refractivity contribution is 9.11. The molecule has 0 saturated heterocycles. The lowest BCUT2D eigenvalue weighted by molar-refractivity contribution is 0.771. The van der Waals surface area contributed by atoms with Gasteiger partial charge in [0.15, 0.2) is 0 Å². The Morgan fingerprint density at radius 2 is 1.00 bits per heavy atom. The van der Waals surface area contributed by atoms with Gasteiger partial charge in [-0.25, -0.2) is 0 Å². The molecule has 0 fully saturated rings. The fourth-order valence-electron chi connectivity index (χ4n) is 3.93. The maximum Gasteiger partial charge on any atom is 0.0731 e. The summed E-state index contributed by atoms with van der Waals surface area (Å²) in [7, 11) is 0. The molecule has 0 saturated carbocycles. The molecule has 0 aliphatic heterocycles. The molecule has 0 atom stereocenters. The molecular formula is C21H12Br2S2. The van der Waals surface area contributed by atoms with Crippen LogP contribution in [-0.4, -0.2) is 0 Å². The molecule has 2 aromatic heterocycles. The molecule has 1 aliphatic carbocycles. The van der Waals surface area contributed by atoms with Crippen LogP contribution in [0.1, 0.15) is 22.3 Å². The number of fused-ring (bicyclic) bond motifs is 3. The van der Waals surface area contributed by atoms with Crippen LogP contribution >= 0.6 is 54.5 Å². The van der Waals surface area contributed by atoms with Gasteiger partial charge in [0.25, 0.3) is 0 Å². The SMILES string of the molecule is Brc1cc2c(s1)-c1sc(Br)cc1C2(c1ccccc1)c1ccccc1. The van der Waals surface area contributed by atoms with Crippen molar-refractivity contribution in [3.05, 3.63) is 103 Å². The third kappa shape index (κ3) is 2.21. The topological polar surface area (TPSA) is 0 Å². The fourth-order valence-corrected chi connectivity index (χ4v) is 7.40. The van der Waals surface area contributed by atoms with Crippen molar-refractivity contribution in [3.63, 3.8) is 0 Å². The average molecular weight is 488 g/mol. The Bertz CT molecular complexity index is 974. The Morgan fingerprint density at radius 1 is 0.600 bits per heavy atom. The molecule has 0 N–H and O–H groups in total. The van der Waals surface area contributed by atoms with E-state index in [1.807, 2.05) is 22.7 Å². The summed E-state index contributed by atoms with van der Waals surface area (Å²) in [6, 6.07) is 26.4. The fraction of sp³-hybridized carbons (Fsp3) is 0.0476. The molecule has 1 aliphatic rings. The van der Waals surface area contributed by atoms with Gasteiger partial charge in [0.2, 0.25) is 0 Å². The second kappa shape index (κ2) is 5.92. The van der Waals surface area contributed by atoms with E-state index < -0.39 is 0 Å². The number of benzene rings is 2. The highest BCUT2D eigenvalue weighted by Crippen LogP contribution is 2.61. The lowest BCUT2D eigenvalue weighted by atomic mass is 9.68. The highest BCUT2D eigenvalue weighted by atomic mass is 79.9. The monoisotopic (exact) mass is 486 g/mol. The van der Waals surface area contributed by atoms with Gasteiger partial charge in [-0.1, -0.05) is 60.7 Å². The summed E-state index contributed by atoms with van der Waals surface area (Å²) in [6.07, 6.45) is 0. The first-order valence-corrected chi connectivity index (χ1v) is 11.1. The first-order valence-electron chi connectivity index (χ1n) is 7.92. The molecule has 122 valence electrons. The van der Waals surface area contributed by atoms with Crippen LogP contribution in [0.5, 0.6) is 0 Å². The lowest BCUT2D eigenvalue weighted by Crippen LogP contribution is -2.27. The zero-order valence-electron chi connectivity index (χ0n) is 13.0. The molecule has 2 heterocycles. The van der Waals surface area contributed by atoms with Crippen LogP contribution in [-0.2, 0) is 5.41 Å². The summed E-state index contributed by atoms with van der Waals surface area (Å²) < 4.78 is 2.37. The maximum absolute atomic E-state index is 3.72. The Labute approximate surface area is 171 Å². The van der Waals surface area contributed by atoms with Gasteiger partial charge in [0.1, 0.15) is 0 Å². The largest absolute Gasteiger partial charge is 0.127 e. The smallest absolute Gasteiger partial charge is 0.0731 e. The van der Waals surface area contributed by atoms with E-state index in [0.717, 1.165) is 0 Å². The van der Waals surface area contributed by atoms with Crippen molar-refractivity contribution < 1.29 is 0 Å². The second-order valence-corrected chi connectivity index (χ2v) is 10.9. The van der Waals surface area contributed by atoms with E-state index in [4.69, 9.17) is 0 Å². The van der Waals surface area contributed by atoms with Crippen LogP contribution in [0.4, 0.5) is 0 Å². The predicted octanol–water partition coefficient (Wildman–Crippen LogP) is 7.70. The van der Waals surface area contributed by atoms with E-state index in [2.05, 4.69) is 105 Å². The summed E-state index contributed by atoms with van der Waals surface area (Å²) >= 11 is 11.1. The predicted molar refractivity (Wildman–Crippen MR) is 115 cm³/mol. The second-order valence-electron chi connectivity index (χ2n) is 6.07. The van der Waals surface area contributed by atoms with Gasteiger partial charge in [-0.15, -0.1) is 22.7 Å². The molecule has 5 rings (SSSR count). The minimum atomic E-state index is -0.252. The van der Waals surface area contributed by atoms with E-state index in [1.165, 1.54) is 39.6 Å². The summed E-state index contributed by atoms with van der Waals surface area (Å²) in [5.41, 5.74) is 5.15. The molecule has 0 spiro atoms. The van der Waals surface area contributed by atoms with Crippen LogP contribution in [0, 0.1) is 0 Å². The van der Waals surface area contributed by atoms with Gasteiger partial charge in [-0.2, -0.15) is 0 Å². The third-order valence-electron chi connectivity index (χ3n) is 4.83. The normalized spacial score (nSPS) is 14.3. The van der Waals surface area contributed by atoms with Gasteiger partial charge in [-0.3, -0.25) is 0 Å². The third-order valence-corrected chi connectivity index (χ3v) is 8.27. The van der Waals surface area contributed by atoms with Crippen molar-refractivity contribution >= 4 is 54.5 Å². The van der Waals surface area contributed by atoms with Crippen molar-refractivity contribution in [1.82, 2.24) is 0 Å². The Kier molecular flexibility index (Phi) is 3.79. The molecule has 0 radical (unpaired) electrons. The quantitative estimate of drug-likeness (QED) is 0.239. The molecule has 4 aromatic rings. The zero-order chi connectivity index (χ0) is 17.0. The van der Waals surface area contributed by atoms with Crippen LogP contribution in [0.25, 0.3) is 9.75 Å². The van der Waals surface area contributed by atoms with Gasteiger partial charge < -0.3 is 0 Å². The highest BCUT2D eigenvalue weighted by Gasteiger charge is 2.48. The summed E-state index contributed by atoms with van der Waals surface area (Å²) in [6.45, 7) is 0. The van der Waals surface area contributed by atoms with Crippen molar-refractivity contribution in [2.24, 2.45) is 0 Å².